The second-order valence-electron chi connectivity index (χ2n) is 6.02. The number of hydrogen-bond acceptors (Lipinski definition) is 4. The Balaban J connectivity index is 1.97. The van der Waals surface area contributed by atoms with E-state index in [0.29, 0.717) is 30.2 Å². The summed E-state index contributed by atoms with van der Waals surface area (Å²) in [6.07, 6.45) is 1.14. The van der Waals surface area contributed by atoms with Gasteiger partial charge in [-0.3, -0.25) is 4.79 Å². The molecular weight excluding hydrogens is 280 g/mol. The molecule has 1 heterocycles. The van der Waals surface area contributed by atoms with Crippen LogP contribution in [0, 0.1) is 11.3 Å². The zero-order chi connectivity index (χ0) is 14.8. The lowest BCUT2D eigenvalue weighted by atomic mass is 10.1. The van der Waals surface area contributed by atoms with Gasteiger partial charge in [-0.15, -0.1) is 11.6 Å². The van der Waals surface area contributed by atoms with Crippen molar-refractivity contribution >= 4 is 17.5 Å². The average molecular weight is 301 g/mol. The molecule has 0 spiro atoms. The highest BCUT2D eigenvalue weighted by Gasteiger charge is 2.46. The molecule has 0 N–H and O–H groups in total. The van der Waals surface area contributed by atoms with Crippen LogP contribution in [0.5, 0.6) is 0 Å². The molecule has 0 bridgehead atoms. The molecule has 0 aromatic carbocycles. The molecule has 20 heavy (non-hydrogen) atoms. The van der Waals surface area contributed by atoms with Crippen molar-refractivity contribution in [2.75, 3.05) is 19.5 Å². The van der Waals surface area contributed by atoms with Gasteiger partial charge in [-0.05, 0) is 17.8 Å². The number of rotatable bonds is 7. The topological polar surface area (TPSA) is 55.6 Å². The van der Waals surface area contributed by atoms with Gasteiger partial charge in [0.25, 0.3) is 0 Å². The maximum absolute atomic E-state index is 11.9. The number of halogens is 1. The van der Waals surface area contributed by atoms with E-state index in [1.54, 1.807) is 12.0 Å². The second kappa shape index (κ2) is 6.14. The molecule has 5 nitrogen and oxygen atoms in total. The highest BCUT2D eigenvalue weighted by molar-refractivity contribution is 6.27. The number of aromatic nitrogens is 1. The smallest absolute Gasteiger partial charge is 0.237 e. The van der Waals surface area contributed by atoms with Crippen molar-refractivity contribution in [1.29, 1.82) is 0 Å². The Hall–Kier alpha value is -1.07. The number of ether oxygens (including phenoxy) is 1. The van der Waals surface area contributed by atoms with E-state index in [1.807, 2.05) is 6.07 Å². The Labute approximate surface area is 124 Å². The summed E-state index contributed by atoms with van der Waals surface area (Å²) < 4.78 is 10.2. The molecule has 0 aliphatic heterocycles. The normalized spacial score (nSPS) is 19.9. The first-order chi connectivity index (χ1) is 9.46. The SMILES string of the molecule is COCc1cc(CN(CC2CC2(C)C)C(=O)CCl)on1. The second-order valence-corrected chi connectivity index (χ2v) is 6.28. The number of carbonyl (C=O) groups excluding carboxylic acids is 1. The van der Waals surface area contributed by atoms with Gasteiger partial charge in [-0.1, -0.05) is 19.0 Å². The Morgan fingerprint density at radius 2 is 2.35 bits per heavy atom. The third kappa shape index (κ3) is 3.73. The Bertz CT molecular complexity index is 473. The monoisotopic (exact) mass is 300 g/mol. The average Bonchev–Trinajstić information content (AvgIpc) is 2.80. The lowest BCUT2D eigenvalue weighted by Gasteiger charge is -2.21. The quantitative estimate of drug-likeness (QED) is 0.726. The summed E-state index contributed by atoms with van der Waals surface area (Å²) in [5.41, 5.74) is 1.06. The first-order valence-electron chi connectivity index (χ1n) is 6.73. The lowest BCUT2D eigenvalue weighted by molar-refractivity contribution is -0.129. The van der Waals surface area contributed by atoms with E-state index in [2.05, 4.69) is 19.0 Å². The molecular formula is C14H21ClN2O3. The highest BCUT2D eigenvalue weighted by atomic mass is 35.5. The van der Waals surface area contributed by atoms with Gasteiger partial charge in [0.1, 0.15) is 11.6 Å². The zero-order valence-corrected chi connectivity index (χ0v) is 12.9. The molecule has 0 radical (unpaired) electrons. The summed E-state index contributed by atoms with van der Waals surface area (Å²) in [7, 11) is 1.60. The Kier molecular flexibility index (Phi) is 4.70. The van der Waals surface area contributed by atoms with Crippen LogP contribution in [-0.4, -0.2) is 35.5 Å². The van der Waals surface area contributed by atoms with Crippen LogP contribution >= 0.6 is 11.6 Å². The number of alkyl halides is 1. The van der Waals surface area contributed by atoms with Crippen LogP contribution in [0.1, 0.15) is 31.7 Å². The van der Waals surface area contributed by atoms with E-state index in [4.69, 9.17) is 20.9 Å². The number of nitrogens with zero attached hydrogens (tertiary/aromatic N) is 2. The molecule has 1 atom stereocenters. The van der Waals surface area contributed by atoms with Crippen molar-refractivity contribution in [1.82, 2.24) is 10.1 Å². The molecule has 1 aromatic rings. The fourth-order valence-electron chi connectivity index (χ4n) is 2.33. The van der Waals surface area contributed by atoms with Crippen LogP contribution in [0.15, 0.2) is 10.6 Å². The van der Waals surface area contributed by atoms with Crippen molar-refractivity contribution in [2.45, 2.75) is 33.4 Å². The van der Waals surface area contributed by atoms with Gasteiger partial charge in [-0.25, -0.2) is 0 Å². The summed E-state index contributed by atoms with van der Waals surface area (Å²) in [5.74, 6) is 1.12. The molecule has 1 aliphatic rings. The van der Waals surface area contributed by atoms with Crippen molar-refractivity contribution in [3.8, 4) is 0 Å². The summed E-state index contributed by atoms with van der Waals surface area (Å²) in [4.78, 5) is 13.7. The van der Waals surface area contributed by atoms with Crippen molar-refractivity contribution < 1.29 is 14.1 Å². The number of hydrogen-bond donors (Lipinski definition) is 0. The molecule has 112 valence electrons. The van der Waals surface area contributed by atoms with Crippen LogP contribution in [0.3, 0.4) is 0 Å². The number of amides is 1. The van der Waals surface area contributed by atoms with Crippen molar-refractivity contribution in [2.24, 2.45) is 11.3 Å². The summed E-state index contributed by atoms with van der Waals surface area (Å²) in [6, 6.07) is 1.82. The molecule has 2 rings (SSSR count). The maximum Gasteiger partial charge on any atom is 0.237 e. The van der Waals surface area contributed by atoms with E-state index in [0.717, 1.165) is 18.7 Å². The van der Waals surface area contributed by atoms with Crippen LogP contribution in [-0.2, 0) is 22.7 Å². The molecule has 1 amide bonds. The van der Waals surface area contributed by atoms with Gasteiger partial charge < -0.3 is 14.2 Å². The molecule has 1 aliphatic carbocycles. The van der Waals surface area contributed by atoms with Gasteiger partial charge in [0.2, 0.25) is 5.91 Å². The van der Waals surface area contributed by atoms with E-state index in [-0.39, 0.29) is 11.8 Å². The van der Waals surface area contributed by atoms with Crippen LogP contribution in [0.25, 0.3) is 0 Å². The minimum absolute atomic E-state index is 0.00772. The predicted octanol–water partition coefficient (Wildman–Crippen LogP) is 2.43. The van der Waals surface area contributed by atoms with Gasteiger partial charge >= 0.3 is 0 Å². The largest absolute Gasteiger partial charge is 0.378 e. The van der Waals surface area contributed by atoms with Crippen LogP contribution in [0.2, 0.25) is 0 Å². The number of carbonyl (C=O) groups is 1. The fraction of sp³-hybridized carbons (Fsp3) is 0.714. The third-order valence-corrected chi connectivity index (χ3v) is 4.10. The molecule has 1 aromatic heterocycles. The minimum atomic E-state index is -0.0703. The van der Waals surface area contributed by atoms with Crippen LogP contribution < -0.4 is 0 Å². The van der Waals surface area contributed by atoms with Gasteiger partial charge in [0.15, 0.2) is 5.76 Å². The van der Waals surface area contributed by atoms with E-state index < -0.39 is 0 Å². The molecule has 1 saturated carbocycles. The zero-order valence-electron chi connectivity index (χ0n) is 12.2. The lowest BCUT2D eigenvalue weighted by Crippen LogP contribution is -2.33. The fourth-order valence-corrected chi connectivity index (χ4v) is 2.50. The standard InChI is InChI=1S/C14H21ClN2O3/c1-14(2)5-10(14)7-17(13(18)6-15)8-12-4-11(9-19-3)16-20-12/h4,10H,5-9H2,1-3H3. The minimum Gasteiger partial charge on any atom is -0.378 e. The van der Waals surface area contributed by atoms with Gasteiger partial charge in [0.05, 0.1) is 13.2 Å². The van der Waals surface area contributed by atoms with E-state index in [1.165, 1.54) is 0 Å². The highest BCUT2D eigenvalue weighted by Crippen LogP contribution is 2.51. The number of methoxy groups -OCH3 is 1. The molecule has 6 heteroatoms. The summed E-state index contributed by atoms with van der Waals surface area (Å²) in [6.45, 7) is 5.97. The van der Waals surface area contributed by atoms with Gasteiger partial charge in [0, 0.05) is 19.7 Å². The Morgan fingerprint density at radius 1 is 1.65 bits per heavy atom. The first-order valence-corrected chi connectivity index (χ1v) is 7.27. The van der Waals surface area contributed by atoms with E-state index >= 15 is 0 Å². The summed E-state index contributed by atoms with van der Waals surface area (Å²) in [5, 5.41) is 3.90. The predicted molar refractivity (Wildman–Crippen MR) is 75.2 cm³/mol. The third-order valence-electron chi connectivity index (χ3n) is 3.87. The van der Waals surface area contributed by atoms with Gasteiger partial charge in [-0.2, -0.15) is 0 Å². The summed E-state index contributed by atoms with van der Waals surface area (Å²) >= 11 is 5.69. The maximum atomic E-state index is 11.9. The molecule has 1 fully saturated rings. The first kappa shape index (κ1) is 15.3. The molecule has 0 saturated heterocycles. The van der Waals surface area contributed by atoms with Crippen LogP contribution in [0.4, 0.5) is 0 Å². The molecule has 1 unspecified atom stereocenters. The van der Waals surface area contributed by atoms with Crippen molar-refractivity contribution in [3.63, 3.8) is 0 Å². The van der Waals surface area contributed by atoms with E-state index in [9.17, 15) is 4.79 Å². The van der Waals surface area contributed by atoms with Crippen molar-refractivity contribution in [3.05, 3.63) is 17.5 Å². The Morgan fingerprint density at radius 3 is 2.90 bits per heavy atom.